The fourth-order valence-corrected chi connectivity index (χ4v) is 1.91. The average molecular weight is 259 g/mol. The molecule has 0 spiro atoms. The van der Waals surface area contributed by atoms with Gasteiger partial charge in [-0.05, 0) is 39.1 Å². The summed E-state index contributed by atoms with van der Waals surface area (Å²) in [6.07, 6.45) is 0. The van der Waals surface area contributed by atoms with Crippen molar-refractivity contribution in [1.82, 2.24) is 9.88 Å². The molecule has 1 heterocycles. The van der Waals surface area contributed by atoms with E-state index < -0.39 is 0 Å². The molecule has 0 saturated heterocycles. The molecule has 0 bridgehead atoms. The van der Waals surface area contributed by atoms with E-state index in [9.17, 15) is 0 Å². The maximum Gasteiger partial charge on any atom is 0.128 e. The van der Waals surface area contributed by atoms with Crippen LogP contribution >= 0.6 is 0 Å². The summed E-state index contributed by atoms with van der Waals surface area (Å²) < 4.78 is 5.20. The lowest BCUT2D eigenvalue weighted by Crippen LogP contribution is -2.26. The maximum absolute atomic E-state index is 6.05. The van der Waals surface area contributed by atoms with Gasteiger partial charge in [-0.25, -0.2) is 4.98 Å². The number of methoxy groups -OCH3 is 1. The van der Waals surface area contributed by atoms with Gasteiger partial charge in [-0.15, -0.1) is 0 Å². The highest BCUT2D eigenvalue weighted by Gasteiger charge is 2.09. The van der Waals surface area contributed by atoms with E-state index in [0.717, 1.165) is 28.8 Å². The number of benzene rings is 1. The van der Waals surface area contributed by atoms with Crippen LogP contribution in [0.15, 0.2) is 24.3 Å². The fraction of sp³-hybridized carbons (Fsp3) is 0.400. The second kappa shape index (κ2) is 5.45. The Labute approximate surface area is 114 Å². The van der Waals surface area contributed by atoms with Crippen LogP contribution in [0.1, 0.15) is 19.4 Å². The molecule has 0 aliphatic heterocycles. The molecule has 2 N–H and O–H groups in total. The normalized spacial score (nSPS) is 11.5. The first-order valence-electron chi connectivity index (χ1n) is 6.44. The van der Waals surface area contributed by atoms with Crippen LogP contribution in [0.3, 0.4) is 0 Å². The van der Waals surface area contributed by atoms with E-state index in [1.165, 1.54) is 0 Å². The third-order valence-electron chi connectivity index (χ3n) is 3.44. The number of ether oxygens (including phenoxy) is 1. The van der Waals surface area contributed by atoms with E-state index in [1.807, 2.05) is 18.2 Å². The number of hydrogen-bond donors (Lipinski definition) is 1. The predicted molar refractivity (Wildman–Crippen MR) is 79.3 cm³/mol. The van der Waals surface area contributed by atoms with E-state index in [4.69, 9.17) is 10.5 Å². The molecule has 0 aliphatic carbocycles. The van der Waals surface area contributed by atoms with E-state index >= 15 is 0 Å². The largest absolute Gasteiger partial charge is 0.497 e. The van der Waals surface area contributed by atoms with Crippen molar-refractivity contribution in [1.29, 1.82) is 0 Å². The number of nitrogens with zero attached hydrogens (tertiary/aromatic N) is 2. The molecule has 0 aliphatic rings. The lowest BCUT2D eigenvalue weighted by atomic mass is 10.1. The van der Waals surface area contributed by atoms with Crippen molar-refractivity contribution < 1.29 is 4.74 Å². The van der Waals surface area contributed by atoms with Gasteiger partial charge >= 0.3 is 0 Å². The molecular formula is C15H21N3O. The first-order chi connectivity index (χ1) is 9.01. The minimum absolute atomic E-state index is 0.478. The fourth-order valence-electron chi connectivity index (χ4n) is 1.91. The van der Waals surface area contributed by atoms with Gasteiger partial charge in [0.1, 0.15) is 11.6 Å². The lowest BCUT2D eigenvalue weighted by Gasteiger charge is -2.21. The summed E-state index contributed by atoms with van der Waals surface area (Å²) in [4.78, 5) is 6.71. The first-order valence-corrected chi connectivity index (χ1v) is 6.44. The van der Waals surface area contributed by atoms with Crippen LogP contribution in [-0.4, -0.2) is 30.1 Å². The third kappa shape index (κ3) is 2.96. The van der Waals surface area contributed by atoms with Crippen LogP contribution in [-0.2, 0) is 6.54 Å². The van der Waals surface area contributed by atoms with Crippen molar-refractivity contribution >= 4 is 16.7 Å². The number of nitrogens with two attached hydrogens (primary N) is 1. The zero-order valence-corrected chi connectivity index (χ0v) is 12.0. The zero-order chi connectivity index (χ0) is 14.0. The van der Waals surface area contributed by atoms with Gasteiger partial charge in [-0.2, -0.15) is 0 Å². The number of aromatic nitrogens is 1. The average Bonchev–Trinajstić information content (AvgIpc) is 2.38. The molecule has 19 heavy (non-hydrogen) atoms. The molecule has 4 nitrogen and oxygen atoms in total. The molecule has 1 aromatic heterocycles. The third-order valence-corrected chi connectivity index (χ3v) is 3.44. The van der Waals surface area contributed by atoms with Crippen molar-refractivity contribution in [3.63, 3.8) is 0 Å². The van der Waals surface area contributed by atoms with E-state index in [-0.39, 0.29) is 0 Å². The van der Waals surface area contributed by atoms with Gasteiger partial charge < -0.3 is 10.5 Å². The van der Waals surface area contributed by atoms with Crippen molar-refractivity contribution in [2.75, 3.05) is 19.9 Å². The molecule has 0 radical (unpaired) electrons. The predicted octanol–water partition coefficient (Wildman–Crippen LogP) is 2.67. The summed E-state index contributed by atoms with van der Waals surface area (Å²) in [6.45, 7) is 5.13. The molecule has 0 saturated carbocycles. The molecule has 0 atom stereocenters. The second-order valence-electron chi connectivity index (χ2n) is 5.10. The van der Waals surface area contributed by atoms with Crippen LogP contribution in [0, 0.1) is 0 Å². The van der Waals surface area contributed by atoms with Crippen molar-refractivity contribution in [2.24, 2.45) is 0 Å². The molecule has 0 amide bonds. The highest BCUT2D eigenvalue weighted by atomic mass is 16.5. The van der Waals surface area contributed by atoms with Crippen LogP contribution in [0.5, 0.6) is 5.75 Å². The minimum atomic E-state index is 0.478. The van der Waals surface area contributed by atoms with Gasteiger partial charge in [0.15, 0.2) is 0 Å². The number of fused-ring (bicyclic) bond motifs is 1. The SMILES string of the molecule is COc1ccc2cc(CN(C)C(C)C)c(N)nc2c1. The molecule has 1 aromatic carbocycles. The Balaban J connectivity index is 2.39. The standard InChI is InChI=1S/C15H21N3O/c1-10(2)18(3)9-12-7-11-5-6-13(19-4)8-14(11)17-15(12)16/h5-8,10H,9H2,1-4H3,(H2,16,17). The quantitative estimate of drug-likeness (QED) is 0.917. The summed E-state index contributed by atoms with van der Waals surface area (Å²) in [7, 11) is 3.73. The molecule has 102 valence electrons. The van der Waals surface area contributed by atoms with Crippen molar-refractivity contribution in [2.45, 2.75) is 26.4 Å². The number of pyridine rings is 1. The Morgan fingerprint density at radius 2 is 2.05 bits per heavy atom. The van der Waals surface area contributed by atoms with Gasteiger partial charge in [0.05, 0.1) is 12.6 Å². The number of hydrogen-bond acceptors (Lipinski definition) is 4. The van der Waals surface area contributed by atoms with Gasteiger partial charge in [0.2, 0.25) is 0 Å². The molecule has 2 rings (SSSR count). The monoisotopic (exact) mass is 259 g/mol. The van der Waals surface area contributed by atoms with Crippen LogP contribution in [0.25, 0.3) is 10.9 Å². The zero-order valence-electron chi connectivity index (χ0n) is 12.0. The molecular weight excluding hydrogens is 238 g/mol. The Kier molecular flexibility index (Phi) is 3.90. The molecule has 0 fully saturated rings. The highest BCUT2D eigenvalue weighted by Crippen LogP contribution is 2.23. The second-order valence-corrected chi connectivity index (χ2v) is 5.10. The smallest absolute Gasteiger partial charge is 0.128 e. The maximum atomic E-state index is 6.05. The summed E-state index contributed by atoms with van der Waals surface area (Å²) in [5, 5.41) is 1.09. The Morgan fingerprint density at radius 1 is 1.32 bits per heavy atom. The van der Waals surface area contributed by atoms with Crippen LogP contribution in [0.2, 0.25) is 0 Å². The summed E-state index contributed by atoms with van der Waals surface area (Å²) in [6, 6.07) is 8.44. The topological polar surface area (TPSA) is 51.4 Å². The number of anilines is 1. The van der Waals surface area contributed by atoms with Crippen LogP contribution in [0.4, 0.5) is 5.82 Å². The van der Waals surface area contributed by atoms with E-state index in [1.54, 1.807) is 7.11 Å². The van der Waals surface area contributed by atoms with Crippen LogP contribution < -0.4 is 10.5 Å². The summed E-state index contributed by atoms with van der Waals surface area (Å²) in [5.74, 6) is 1.39. The minimum Gasteiger partial charge on any atom is -0.497 e. The first kappa shape index (κ1) is 13.6. The Morgan fingerprint density at radius 3 is 2.68 bits per heavy atom. The lowest BCUT2D eigenvalue weighted by molar-refractivity contribution is 0.266. The van der Waals surface area contributed by atoms with Gasteiger partial charge in [0.25, 0.3) is 0 Å². The summed E-state index contributed by atoms with van der Waals surface area (Å²) >= 11 is 0. The number of rotatable bonds is 4. The molecule has 2 aromatic rings. The van der Waals surface area contributed by atoms with Crippen molar-refractivity contribution in [3.05, 3.63) is 29.8 Å². The Hall–Kier alpha value is -1.81. The van der Waals surface area contributed by atoms with E-state index in [2.05, 4.69) is 36.8 Å². The number of nitrogen functional groups attached to an aromatic ring is 1. The van der Waals surface area contributed by atoms with Gasteiger partial charge in [-0.3, -0.25) is 4.90 Å². The van der Waals surface area contributed by atoms with E-state index in [0.29, 0.717) is 11.9 Å². The summed E-state index contributed by atoms with van der Waals surface area (Å²) in [5.41, 5.74) is 7.98. The van der Waals surface area contributed by atoms with Crippen molar-refractivity contribution in [3.8, 4) is 5.75 Å². The Bertz CT molecular complexity index is 581. The molecule has 4 heteroatoms. The highest BCUT2D eigenvalue weighted by molar-refractivity contribution is 5.82. The molecule has 0 unspecified atom stereocenters. The van der Waals surface area contributed by atoms with Gasteiger partial charge in [0, 0.05) is 29.6 Å². The van der Waals surface area contributed by atoms with Gasteiger partial charge in [-0.1, -0.05) is 0 Å².